The lowest BCUT2D eigenvalue weighted by atomic mass is 9.84. The van der Waals surface area contributed by atoms with E-state index in [2.05, 4.69) is 25.9 Å². The number of aliphatic hydroxyl groups excluding tert-OH is 1. The molecule has 2 aliphatic rings. The molecule has 1 unspecified atom stereocenters. The molecule has 1 aliphatic heterocycles. The minimum atomic E-state index is -0.811. The van der Waals surface area contributed by atoms with E-state index in [1.54, 1.807) is 0 Å². The fourth-order valence-corrected chi connectivity index (χ4v) is 5.44. The van der Waals surface area contributed by atoms with Crippen LogP contribution in [0.2, 0.25) is 0 Å². The van der Waals surface area contributed by atoms with Gasteiger partial charge in [-0.05, 0) is 55.4 Å². The quantitative estimate of drug-likeness (QED) is 0.353. The Morgan fingerprint density at radius 1 is 1.26 bits per heavy atom. The fraction of sp³-hybridized carbons (Fsp3) is 0.423. The van der Waals surface area contributed by atoms with E-state index in [0.717, 1.165) is 78.7 Å². The number of carbonyl (C=O) groups excluding carboxylic acids is 1. The summed E-state index contributed by atoms with van der Waals surface area (Å²) in [6.07, 6.45) is 7.46. The van der Waals surface area contributed by atoms with Gasteiger partial charge in [-0.25, -0.2) is 9.97 Å². The second kappa shape index (κ2) is 9.87. The van der Waals surface area contributed by atoms with E-state index in [9.17, 15) is 9.90 Å². The van der Waals surface area contributed by atoms with Crippen molar-refractivity contribution < 1.29 is 9.90 Å². The SMILES string of the molecule is Cn1c(-c2ccc(NC(O)CCl)cc2)c(C2=CC[C@H](C(=O)N3CCCC3)CC2)c2c(N)ncnc21. The Labute approximate surface area is 209 Å². The van der Waals surface area contributed by atoms with E-state index in [-0.39, 0.29) is 11.8 Å². The van der Waals surface area contributed by atoms with Gasteiger partial charge in [-0.3, -0.25) is 4.79 Å². The molecule has 2 atom stereocenters. The molecule has 184 valence electrons. The van der Waals surface area contributed by atoms with E-state index in [1.807, 2.05) is 36.2 Å². The van der Waals surface area contributed by atoms with Crippen molar-refractivity contribution >= 4 is 45.6 Å². The van der Waals surface area contributed by atoms with Crippen molar-refractivity contribution in [3.05, 3.63) is 42.2 Å². The average Bonchev–Trinajstić information content (AvgIpc) is 3.52. The van der Waals surface area contributed by atoms with Crippen molar-refractivity contribution in [1.29, 1.82) is 0 Å². The van der Waals surface area contributed by atoms with Crippen molar-refractivity contribution in [3.8, 4) is 11.3 Å². The predicted molar refractivity (Wildman–Crippen MR) is 140 cm³/mol. The molecule has 3 heterocycles. The zero-order chi connectivity index (χ0) is 24.5. The van der Waals surface area contributed by atoms with E-state index in [4.69, 9.17) is 17.3 Å². The van der Waals surface area contributed by atoms with E-state index < -0.39 is 6.23 Å². The molecule has 35 heavy (non-hydrogen) atoms. The number of likely N-dealkylation sites (tertiary alicyclic amines) is 1. The number of nitrogen functional groups attached to an aromatic ring is 1. The molecule has 0 saturated carbocycles. The zero-order valence-corrected chi connectivity index (χ0v) is 20.6. The first-order valence-corrected chi connectivity index (χ1v) is 12.7. The first-order chi connectivity index (χ1) is 17.0. The van der Waals surface area contributed by atoms with Crippen LogP contribution in [0.25, 0.3) is 27.9 Å². The van der Waals surface area contributed by atoms with Gasteiger partial charge in [0.25, 0.3) is 0 Å². The number of allylic oxidation sites excluding steroid dienone is 2. The predicted octanol–water partition coefficient (Wildman–Crippen LogP) is 3.99. The highest BCUT2D eigenvalue weighted by atomic mass is 35.5. The Kier molecular flexibility index (Phi) is 6.67. The van der Waals surface area contributed by atoms with Gasteiger partial charge in [0.1, 0.15) is 24.0 Å². The van der Waals surface area contributed by atoms with Crippen molar-refractivity contribution in [2.24, 2.45) is 13.0 Å². The van der Waals surface area contributed by atoms with Gasteiger partial charge in [0.15, 0.2) is 0 Å². The van der Waals surface area contributed by atoms with Gasteiger partial charge >= 0.3 is 0 Å². The van der Waals surface area contributed by atoms with Crippen molar-refractivity contribution in [2.45, 2.75) is 38.3 Å². The molecule has 1 aliphatic carbocycles. The summed E-state index contributed by atoms with van der Waals surface area (Å²) < 4.78 is 2.06. The molecule has 5 rings (SSSR count). The molecular weight excluding hydrogens is 464 g/mol. The summed E-state index contributed by atoms with van der Waals surface area (Å²) in [5, 5.41) is 13.6. The molecule has 0 radical (unpaired) electrons. The summed E-state index contributed by atoms with van der Waals surface area (Å²) >= 11 is 5.71. The molecule has 1 saturated heterocycles. The highest BCUT2D eigenvalue weighted by Gasteiger charge is 2.30. The minimum Gasteiger partial charge on any atom is -0.383 e. The highest BCUT2D eigenvalue weighted by molar-refractivity contribution is 6.18. The van der Waals surface area contributed by atoms with Crippen LogP contribution in [0.3, 0.4) is 0 Å². The highest BCUT2D eigenvalue weighted by Crippen LogP contribution is 2.43. The molecule has 9 heteroatoms. The molecule has 0 spiro atoms. The minimum absolute atomic E-state index is 0.0441. The van der Waals surface area contributed by atoms with Crippen LogP contribution in [0.15, 0.2) is 36.7 Å². The van der Waals surface area contributed by atoms with Crippen LogP contribution in [0.5, 0.6) is 0 Å². The first kappa shape index (κ1) is 23.6. The molecule has 0 bridgehead atoms. The number of halogens is 1. The van der Waals surface area contributed by atoms with Crippen LogP contribution in [0, 0.1) is 5.92 Å². The maximum atomic E-state index is 13.0. The van der Waals surface area contributed by atoms with Crippen molar-refractivity contribution in [3.63, 3.8) is 0 Å². The van der Waals surface area contributed by atoms with Crippen LogP contribution in [-0.4, -0.2) is 55.6 Å². The molecular formula is C26H31ClN6O2. The Balaban J connectivity index is 1.53. The second-order valence-electron chi connectivity index (χ2n) is 9.36. The summed E-state index contributed by atoms with van der Waals surface area (Å²) in [4.78, 5) is 23.8. The van der Waals surface area contributed by atoms with Crippen LogP contribution in [0.4, 0.5) is 11.5 Å². The third-order valence-corrected chi connectivity index (χ3v) is 7.43. The van der Waals surface area contributed by atoms with Gasteiger partial charge in [0, 0.05) is 37.3 Å². The normalized spacial score (nSPS) is 19.1. The van der Waals surface area contributed by atoms with Crippen molar-refractivity contribution in [2.75, 3.05) is 30.0 Å². The Morgan fingerprint density at radius 2 is 2.00 bits per heavy atom. The Morgan fingerprint density at radius 3 is 2.66 bits per heavy atom. The number of hydrogen-bond donors (Lipinski definition) is 3. The van der Waals surface area contributed by atoms with Gasteiger partial charge in [-0.15, -0.1) is 11.6 Å². The summed E-state index contributed by atoms with van der Waals surface area (Å²) in [5.74, 6) is 0.887. The molecule has 3 aromatic rings. The number of nitrogens with one attached hydrogen (secondary N) is 1. The topological polar surface area (TPSA) is 109 Å². The van der Waals surface area contributed by atoms with E-state index >= 15 is 0 Å². The number of benzene rings is 1. The maximum Gasteiger partial charge on any atom is 0.226 e. The number of rotatable bonds is 6. The monoisotopic (exact) mass is 494 g/mol. The lowest BCUT2D eigenvalue weighted by molar-refractivity contribution is -0.134. The number of nitrogens with zero attached hydrogens (tertiary/aromatic N) is 4. The number of fused-ring (bicyclic) bond motifs is 1. The zero-order valence-electron chi connectivity index (χ0n) is 19.9. The lowest BCUT2D eigenvalue weighted by Gasteiger charge is -2.26. The largest absolute Gasteiger partial charge is 0.383 e. The van der Waals surface area contributed by atoms with Gasteiger partial charge < -0.3 is 25.6 Å². The molecule has 1 fully saturated rings. The van der Waals surface area contributed by atoms with Gasteiger partial charge in [0.2, 0.25) is 5.91 Å². The average molecular weight is 495 g/mol. The maximum absolute atomic E-state index is 13.0. The van der Waals surface area contributed by atoms with E-state index in [0.29, 0.717) is 11.7 Å². The fourth-order valence-electron chi connectivity index (χ4n) is 5.36. The summed E-state index contributed by atoms with van der Waals surface area (Å²) in [7, 11) is 1.99. The smallest absolute Gasteiger partial charge is 0.226 e. The third kappa shape index (κ3) is 4.48. The third-order valence-electron chi connectivity index (χ3n) is 7.13. The van der Waals surface area contributed by atoms with Crippen molar-refractivity contribution in [1.82, 2.24) is 19.4 Å². The number of anilines is 2. The molecule has 1 aromatic carbocycles. The molecule has 2 aromatic heterocycles. The number of alkyl halides is 1. The number of nitrogens with two attached hydrogens (primary N) is 1. The van der Waals surface area contributed by atoms with E-state index in [1.165, 1.54) is 11.9 Å². The Bertz CT molecular complexity index is 1260. The number of aromatic nitrogens is 3. The van der Waals surface area contributed by atoms with Gasteiger partial charge in [-0.2, -0.15) is 0 Å². The second-order valence-corrected chi connectivity index (χ2v) is 9.67. The number of carbonyl (C=O) groups is 1. The van der Waals surface area contributed by atoms with Gasteiger partial charge in [-0.1, -0.05) is 18.2 Å². The standard InChI is InChI=1S/C26H31ClN6O2/c1-32-23(17-8-10-19(11-9-17)31-20(34)14-27)21(22-24(28)29-15-30-25(22)32)16-4-6-18(7-5-16)26(35)33-12-2-3-13-33/h4,8-11,15,18,20,31,34H,2-3,5-7,12-14H2,1H3,(H2,28,29,30)/t18-,20?/m0/s1. The van der Waals surface area contributed by atoms with Crippen LogP contribution >= 0.6 is 11.6 Å². The number of aryl methyl sites for hydroxylation is 1. The van der Waals surface area contributed by atoms with Gasteiger partial charge in [0.05, 0.1) is 17.0 Å². The molecule has 8 nitrogen and oxygen atoms in total. The Hall–Kier alpha value is -3.10. The number of amides is 1. The molecule has 4 N–H and O–H groups in total. The first-order valence-electron chi connectivity index (χ1n) is 12.2. The number of hydrogen-bond acceptors (Lipinski definition) is 6. The lowest BCUT2D eigenvalue weighted by Crippen LogP contribution is -2.34. The van der Waals surface area contributed by atoms with Crippen LogP contribution < -0.4 is 11.1 Å². The van der Waals surface area contributed by atoms with Crippen LogP contribution in [0.1, 0.15) is 37.7 Å². The van der Waals surface area contributed by atoms with Crippen LogP contribution in [-0.2, 0) is 11.8 Å². The summed E-state index contributed by atoms with van der Waals surface area (Å²) in [6, 6.07) is 7.85. The summed E-state index contributed by atoms with van der Waals surface area (Å²) in [6.45, 7) is 1.78. The number of aliphatic hydroxyl groups is 1. The molecule has 1 amide bonds. The summed E-state index contributed by atoms with van der Waals surface area (Å²) in [5.41, 5.74) is 12.2.